The lowest BCUT2D eigenvalue weighted by Gasteiger charge is -2.13. The van der Waals surface area contributed by atoms with Crippen molar-refractivity contribution in [1.29, 1.82) is 0 Å². The minimum absolute atomic E-state index is 0.344. The Balaban J connectivity index is 2.72. The Morgan fingerprint density at radius 1 is 1.50 bits per heavy atom. The number of nitro benzene ring substituents is 1. The van der Waals surface area contributed by atoms with E-state index >= 15 is 0 Å². The number of carbonyl (C=O) groups is 1. The van der Waals surface area contributed by atoms with E-state index in [4.69, 9.17) is 16.7 Å². The van der Waals surface area contributed by atoms with Crippen molar-refractivity contribution < 1.29 is 23.6 Å². The van der Waals surface area contributed by atoms with Crippen LogP contribution in [0.15, 0.2) is 18.2 Å². The Labute approximate surface area is 104 Å². The molecule has 1 atom stereocenters. The smallest absolute Gasteiger partial charge is 0.320 e. The molecule has 0 aliphatic heterocycles. The molecule has 0 heterocycles. The molecule has 0 amide bonds. The molecule has 8 heteroatoms. The van der Waals surface area contributed by atoms with Gasteiger partial charge in [0.15, 0.2) is 5.41 Å². The summed E-state index contributed by atoms with van der Waals surface area (Å²) in [6, 6.07) is 3.32. The summed E-state index contributed by atoms with van der Waals surface area (Å²) in [4.78, 5) is 20.9. The number of carboxylic acid groups (broad SMARTS) is 1. The zero-order valence-electron chi connectivity index (χ0n) is 8.69. The molecule has 1 fully saturated rings. The normalized spacial score (nSPS) is 24.6. The average molecular weight is 278 g/mol. The zero-order valence-corrected chi connectivity index (χ0v) is 9.45. The lowest BCUT2D eigenvalue weighted by atomic mass is 9.93. The van der Waals surface area contributed by atoms with E-state index in [1.807, 2.05) is 0 Å². The number of rotatable bonds is 3. The first-order valence-corrected chi connectivity index (χ1v) is 5.16. The van der Waals surface area contributed by atoms with E-state index in [-0.39, 0.29) is 5.02 Å². The van der Waals surface area contributed by atoms with Crippen LogP contribution in [-0.4, -0.2) is 21.9 Å². The van der Waals surface area contributed by atoms with E-state index in [2.05, 4.69) is 0 Å². The lowest BCUT2D eigenvalue weighted by molar-refractivity contribution is -0.385. The van der Waals surface area contributed by atoms with E-state index in [0.717, 1.165) is 12.1 Å². The fourth-order valence-corrected chi connectivity index (χ4v) is 2.32. The van der Waals surface area contributed by atoms with Crippen molar-refractivity contribution in [3.8, 4) is 0 Å². The highest BCUT2D eigenvalue weighted by atomic mass is 35.5. The van der Waals surface area contributed by atoms with Crippen LogP contribution in [0.4, 0.5) is 14.5 Å². The molecule has 5 nitrogen and oxygen atoms in total. The minimum Gasteiger partial charge on any atom is -0.480 e. The first-order valence-electron chi connectivity index (χ1n) is 4.78. The van der Waals surface area contributed by atoms with Crippen LogP contribution in [-0.2, 0) is 10.2 Å². The predicted molar refractivity (Wildman–Crippen MR) is 57.0 cm³/mol. The molecular weight excluding hydrogens is 272 g/mol. The summed E-state index contributed by atoms with van der Waals surface area (Å²) in [6.07, 6.45) is -0.986. The van der Waals surface area contributed by atoms with Crippen LogP contribution in [0.5, 0.6) is 0 Å². The van der Waals surface area contributed by atoms with Gasteiger partial charge in [0.05, 0.1) is 15.5 Å². The second-order valence-corrected chi connectivity index (χ2v) is 4.39. The van der Waals surface area contributed by atoms with Crippen molar-refractivity contribution in [3.05, 3.63) is 38.9 Å². The molecule has 2 rings (SSSR count). The van der Waals surface area contributed by atoms with Gasteiger partial charge < -0.3 is 5.11 Å². The number of halogens is 3. The van der Waals surface area contributed by atoms with Crippen LogP contribution < -0.4 is 0 Å². The molecule has 0 saturated heterocycles. The monoisotopic (exact) mass is 277 g/mol. The molecule has 0 aromatic heterocycles. The van der Waals surface area contributed by atoms with Gasteiger partial charge in [-0.1, -0.05) is 17.7 Å². The maximum absolute atomic E-state index is 13.3. The van der Waals surface area contributed by atoms with Crippen molar-refractivity contribution in [2.24, 2.45) is 0 Å². The number of nitro groups is 1. The molecule has 1 unspecified atom stereocenters. The van der Waals surface area contributed by atoms with Gasteiger partial charge >= 0.3 is 5.97 Å². The first kappa shape index (κ1) is 12.7. The molecule has 1 aliphatic carbocycles. The highest BCUT2D eigenvalue weighted by Gasteiger charge is 2.79. The molecule has 1 saturated carbocycles. The quantitative estimate of drug-likeness (QED) is 0.680. The van der Waals surface area contributed by atoms with Crippen molar-refractivity contribution in [2.45, 2.75) is 17.8 Å². The van der Waals surface area contributed by atoms with Gasteiger partial charge in [-0.25, -0.2) is 8.78 Å². The molecule has 18 heavy (non-hydrogen) atoms. The topological polar surface area (TPSA) is 80.4 Å². The number of benzene rings is 1. The van der Waals surface area contributed by atoms with E-state index in [9.17, 15) is 23.7 Å². The van der Waals surface area contributed by atoms with Crippen LogP contribution in [0.25, 0.3) is 0 Å². The number of carboxylic acids is 1. The fourth-order valence-electron chi connectivity index (χ4n) is 1.99. The summed E-state index contributed by atoms with van der Waals surface area (Å²) < 4.78 is 26.7. The Bertz CT molecular complexity index is 563. The van der Waals surface area contributed by atoms with Gasteiger partial charge in [0.25, 0.3) is 11.6 Å². The average Bonchev–Trinajstić information content (AvgIpc) is 2.82. The van der Waals surface area contributed by atoms with Gasteiger partial charge in [-0.2, -0.15) is 0 Å². The van der Waals surface area contributed by atoms with Crippen LogP contribution in [0.1, 0.15) is 12.0 Å². The number of hydrogen-bond donors (Lipinski definition) is 1. The zero-order chi connectivity index (χ0) is 13.7. The molecule has 1 N–H and O–H groups in total. The van der Waals surface area contributed by atoms with Crippen LogP contribution in [0.3, 0.4) is 0 Å². The predicted octanol–water partition coefficient (Wildman–Crippen LogP) is 2.61. The molecule has 1 aromatic rings. The summed E-state index contributed by atoms with van der Waals surface area (Å²) in [6.45, 7) is 0. The van der Waals surface area contributed by atoms with E-state index < -0.39 is 39.9 Å². The van der Waals surface area contributed by atoms with Crippen molar-refractivity contribution in [3.63, 3.8) is 0 Å². The second-order valence-electron chi connectivity index (χ2n) is 3.98. The Hall–Kier alpha value is -1.76. The Morgan fingerprint density at radius 2 is 2.06 bits per heavy atom. The summed E-state index contributed by atoms with van der Waals surface area (Å²) in [5.41, 5.74) is -3.93. The molecule has 0 radical (unpaired) electrons. The van der Waals surface area contributed by atoms with Crippen molar-refractivity contribution in [2.75, 3.05) is 0 Å². The highest BCUT2D eigenvalue weighted by Crippen LogP contribution is 2.64. The van der Waals surface area contributed by atoms with E-state index in [1.165, 1.54) is 6.07 Å². The number of hydrogen-bond acceptors (Lipinski definition) is 3. The van der Waals surface area contributed by atoms with Gasteiger partial charge in [0.1, 0.15) is 0 Å². The number of aliphatic carboxylic acids is 1. The van der Waals surface area contributed by atoms with Crippen molar-refractivity contribution >= 4 is 23.3 Å². The van der Waals surface area contributed by atoms with Crippen LogP contribution in [0, 0.1) is 10.1 Å². The SMILES string of the molecule is O=C(O)C1(c2c(Cl)cccc2[N+](=O)[O-])CC1(F)F. The van der Waals surface area contributed by atoms with Crippen LogP contribution >= 0.6 is 11.6 Å². The Morgan fingerprint density at radius 3 is 2.44 bits per heavy atom. The van der Waals surface area contributed by atoms with E-state index in [1.54, 1.807) is 0 Å². The third kappa shape index (κ3) is 1.47. The summed E-state index contributed by atoms with van der Waals surface area (Å²) in [5, 5.41) is 19.4. The fraction of sp³-hybridized carbons (Fsp3) is 0.300. The summed E-state index contributed by atoms with van der Waals surface area (Å²) in [7, 11) is 0. The number of alkyl halides is 2. The molecule has 0 spiro atoms. The van der Waals surface area contributed by atoms with Gasteiger partial charge in [0.2, 0.25) is 0 Å². The lowest BCUT2D eigenvalue weighted by Crippen LogP contribution is -2.28. The number of nitrogens with zero attached hydrogens (tertiary/aromatic N) is 1. The highest BCUT2D eigenvalue weighted by molar-refractivity contribution is 6.32. The largest absolute Gasteiger partial charge is 0.480 e. The minimum atomic E-state index is -3.53. The molecule has 96 valence electrons. The van der Waals surface area contributed by atoms with Gasteiger partial charge in [-0.3, -0.25) is 14.9 Å². The third-order valence-corrected chi connectivity index (χ3v) is 3.28. The molecular formula is C10H6ClF2NO4. The van der Waals surface area contributed by atoms with E-state index in [0.29, 0.717) is 0 Å². The van der Waals surface area contributed by atoms with Crippen LogP contribution in [0.2, 0.25) is 5.02 Å². The van der Waals surface area contributed by atoms with Gasteiger partial charge in [0, 0.05) is 12.5 Å². The van der Waals surface area contributed by atoms with Crippen molar-refractivity contribution in [1.82, 2.24) is 0 Å². The van der Waals surface area contributed by atoms with Gasteiger partial charge in [-0.15, -0.1) is 0 Å². The second kappa shape index (κ2) is 3.61. The standard InChI is InChI=1S/C10H6ClF2NO4/c11-5-2-1-3-6(14(17)18)7(5)9(8(15)16)4-10(9,12)13/h1-3H,4H2,(H,15,16). The maximum Gasteiger partial charge on any atom is 0.320 e. The maximum atomic E-state index is 13.3. The molecule has 1 aromatic carbocycles. The third-order valence-electron chi connectivity index (χ3n) is 2.97. The Kier molecular flexibility index (Phi) is 2.55. The first-order chi connectivity index (χ1) is 8.24. The van der Waals surface area contributed by atoms with Gasteiger partial charge in [-0.05, 0) is 6.07 Å². The summed E-state index contributed by atoms with van der Waals surface area (Å²) >= 11 is 5.67. The summed E-state index contributed by atoms with van der Waals surface area (Å²) in [5.74, 6) is -5.35. The molecule has 0 bridgehead atoms. The molecule has 1 aliphatic rings.